The van der Waals surface area contributed by atoms with Crippen LogP contribution in [0.4, 0.5) is 0 Å². The maximum atomic E-state index is 12.2. The number of aliphatic imine (C=N–C) groups is 1. The molecule has 6 heteroatoms. The van der Waals surface area contributed by atoms with Crippen LogP contribution in [0.2, 0.25) is 19.6 Å². The van der Waals surface area contributed by atoms with E-state index in [0.717, 1.165) is 0 Å². The highest BCUT2D eigenvalue weighted by Gasteiger charge is 2.46. The summed E-state index contributed by atoms with van der Waals surface area (Å²) < 4.78 is 16.2. The molecule has 1 saturated heterocycles. The molecule has 112 valence electrons. The van der Waals surface area contributed by atoms with Crippen LogP contribution in [0.3, 0.4) is 0 Å². The first kappa shape index (κ1) is 16.9. The molecular formula is C14H23NO4Si. The molecule has 0 aromatic carbocycles. The van der Waals surface area contributed by atoms with E-state index in [1.165, 1.54) is 0 Å². The molecule has 1 atom stereocenters. The third-order valence-corrected chi connectivity index (χ3v) is 4.67. The van der Waals surface area contributed by atoms with Crippen molar-refractivity contribution in [1.29, 1.82) is 0 Å². The summed E-state index contributed by atoms with van der Waals surface area (Å²) in [6.07, 6.45) is 5.54. The number of rotatable bonds is 5. The third kappa shape index (κ3) is 3.92. The number of carbonyl (C=O) groups is 1. The molecule has 0 saturated carbocycles. The summed E-state index contributed by atoms with van der Waals surface area (Å²) in [5.41, 5.74) is 0. The predicted molar refractivity (Wildman–Crippen MR) is 80.3 cm³/mol. The molecule has 1 unspecified atom stereocenters. The Kier molecular flexibility index (Phi) is 5.51. The van der Waals surface area contributed by atoms with E-state index in [-0.39, 0.29) is 6.61 Å². The van der Waals surface area contributed by atoms with Crippen molar-refractivity contribution in [3.05, 3.63) is 0 Å². The van der Waals surface area contributed by atoms with Crippen LogP contribution in [0, 0.1) is 12.3 Å². The summed E-state index contributed by atoms with van der Waals surface area (Å²) in [6.45, 7) is 10.8. The van der Waals surface area contributed by atoms with Crippen molar-refractivity contribution < 1.29 is 19.0 Å². The van der Waals surface area contributed by atoms with Gasteiger partial charge in [0, 0.05) is 0 Å². The molecule has 0 N–H and O–H groups in total. The average molecular weight is 297 g/mol. The number of hydrogen-bond donors (Lipinski definition) is 0. The summed E-state index contributed by atoms with van der Waals surface area (Å²) in [6, 6.07) is -0.886. The smallest absolute Gasteiger partial charge is 0.336 e. The van der Waals surface area contributed by atoms with Gasteiger partial charge in [0.15, 0.2) is 5.79 Å². The molecule has 0 amide bonds. The topological polar surface area (TPSA) is 57.1 Å². The fourth-order valence-corrected chi connectivity index (χ4v) is 2.82. The zero-order valence-electron chi connectivity index (χ0n) is 12.9. The van der Waals surface area contributed by atoms with Crippen LogP contribution in [-0.4, -0.2) is 51.0 Å². The number of nitrogens with zero attached hydrogens (tertiary/aromatic N) is 1. The van der Waals surface area contributed by atoms with Gasteiger partial charge in [-0.2, -0.15) is 0 Å². The van der Waals surface area contributed by atoms with E-state index in [2.05, 4.69) is 30.6 Å². The van der Waals surface area contributed by atoms with E-state index >= 15 is 0 Å². The highest BCUT2D eigenvalue weighted by atomic mass is 28.3. The first-order chi connectivity index (χ1) is 9.24. The third-order valence-electron chi connectivity index (χ3n) is 2.97. The van der Waals surface area contributed by atoms with Gasteiger partial charge in [0.25, 0.3) is 0 Å². The second kappa shape index (κ2) is 6.53. The van der Waals surface area contributed by atoms with Crippen LogP contribution < -0.4 is 0 Å². The fourth-order valence-electron chi connectivity index (χ4n) is 1.87. The zero-order chi connectivity index (χ0) is 15.4. The molecule has 0 aromatic heterocycles. The van der Waals surface area contributed by atoms with Crippen molar-refractivity contribution in [1.82, 2.24) is 0 Å². The van der Waals surface area contributed by atoms with Gasteiger partial charge in [-0.1, -0.05) is 25.6 Å². The van der Waals surface area contributed by atoms with Crippen molar-refractivity contribution in [3.8, 4) is 12.3 Å². The normalized spacial score (nSPS) is 20.3. The van der Waals surface area contributed by atoms with Gasteiger partial charge >= 0.3 is 5.97 Å². The number of esters is 1. The minimum Gasteiger partial charge on any atom is -0.464 e. The summed E-state index contributed by atoms with van der Waals surface area (Å²) in [4.78, 5) is 16.6. The molecule has 5 nitrogen and oxygen atoms in total. The van der Waals surface area contributed by atoms with E-state index in [4.69, 9.17) is 20.6 Å². The summed E-state index contributed by atoms with van der Waals surface area (Å²) in [7, 11) is -1.81. The van der Waals surface area contributed by atoms with E-state index in [1.807, 2.05) is 0 Å². The second-order valence-corrected chi connectivity index (χ2v) is 10.7. The Morgan fingerprint density at radius 1 is 1.45 bits per heavy atom. The molecule has 1 rings (SSSR count). The van der Waals surface area contributed by atoms with Gasteiger partial charge in [0.05, 0.1) is 25.2 Å². The first-order valence-corrected chi connectivity index (χ1v) is 10.2. The summed E-state index contributed by atoms with van der Waals surface area (Å²) in [5.74, 6) is 1.03. The van der Waals surface area contributed by atoms with Crippen molar-refractivity contribution >= 4 is 19.4 Å². The Balaban J connectivity index is 3.15. The lowest BCUT2D eigenvalue weighted by molar-refractivity contribution is -0.181. The molecule has 0 radical (unpaired) electrons. The molecule has 1 aliphatic heterocycles. The monoisotopic (exact) mass is 297 g/mol. The van der Waals surface area contributed by atoms with Crippen LogP contribution in [-0.2, 0) is 19.0 Å². The molecule has 0 bridgehead atoms. The van der Waals surface area contributed by atoms with Crippen molar-refractivity contribution in [3.63, 3.8) is 0 Å². The lowest BCUT2D eigenvalue weighted by atomic mass is 10.1. The van der Waals surface area contributed by atoms with Crippen molar-refractivity contribution in [2.75, 3.05) is 19.8 Å². The summed E-state index contributed by atoms with van der Waals surface area (Å²) in [5, 5.41) is 0.621. The van der Waals surface area contributed by atoms with E-state index in [1.54, 1.807) is 13.8 Å². The number of terminal acetylenes is 1. The van der Waals surface area contributed by atoms with Crippen LogP contribution in [0.1, 0.15) is 13.8 Å². The Hall–Kier alpha value is -1.16. The lowest BCUT2D eigenvalue weighted by Crippen LogP contribution is -2.47. The van der Waals surface area contributed by atoms with Gasteiger partial charge in [-0.15, -0.1) is 6.42 Å². The number of carbonyl (C=O) groups excluding carboxylic acids is 1. The number of ether oxygens (including phenoxy) is 3. The Morgan fingerprint density at radius 2 is 2.00 bits per heavy atom. The highest BCUT2D eigenvalue weighted by molar-refractivity contribution is 7.06. The molecule has 0 aliphatic carbocycles. The van der Waals surface area contributed by atoms with Gasteiger partial charge in [0.2, 0.25) is 6.04 Å². The molecular weight excluding hydrogens is 274 g/mol. The second-order valence-electron chi connectivity index (χ2n) is 5.74. The van der Waals surface area contributed by atoms with Gasteiger partial charge in [-0.05, 0) is 13.8 Å². The Bertz CT molecular complexity index is 427. The molecule has 20 heavy (non-hydrogen) atoms. The van der Waals surface area contributed by atoms with Crippen molar-refractivity contribution in [2.45, 2.75) is 45.3 Å². The predicted octanol–water partition coefficient (Wildman–Crippen LogP) is 1.63. The standard InChI is InChI=1S/C14H23NO4Si/c1-7-11(20(4,5)6)15-12(13(16)17-8-2)14(3)18-9-10-19-14/h1,12H,8-10H2,2-6H3. The van der Waals surface area contributed by atoms with Crippen LogP contribution in [0.25, 0.3) is 0 Å². The molecule has 0 spiro atoms. The average Bonchev–Trinajstić information content (AvgIpc) is 2.76. The van der Waals surface area contributed by atoms with Gasteiger partial charge in [-0.25, -0.2) is 4.79 Å². The minimum absolute atomic E-state index is 0.277. The SMILES string of the molecule is C#CC(=NC(C(=O)OCC)C1(C)OCCO1)[Si](C)(C)C. The van der Waals surface area contributed by atoms with E-state index in [9.17, 15) is 4.79 Å². The Morgan fingerprint density at radius 3 is 2.40 bits per heavy atom. The molecule has 1 heterocycles. The van der Waals surface area contributed by atoms with Gasteiger partial charge in [0.1, 0.15) is 8.07 Å². The van der Waals surface area contributed by atoms with Crippen LogP contribution >= 0.6 is 0 Å². The quantitative estimate of drug-likeness (QED) is 0.335. The maximum absolute atomic E-state index is 12.2. The lowest BCUT2D eigenvalue weighted by Gasteiger charge is -2.29. The minimum atomic E-state index is -1.81. The van der Waals surface area contributed by atoms with Gasteiger partial charge < -0.3 is 14.2 Å². The van der Waals surface area contributed by atoms with E-state index < -0.39 is 25.9 Å². The van der Waals surface area contributed by atoms with E-state index in [0.29, 0.717) is 18.5 Å². The van der Waals surface area contributed by atoms with Crippen LogP contribution in [0.15, 0.2) is 4.99 Å². The largest absolute Gasteiger partial charge is 0.464 e. The zero-order valence-corrected chi connectivity index (χ0v) is 13.9. The highest BCUT2D eigenvalue weighted by Crippen LogP contribution is 2.27. The Labute approximate surface area is 121 Å². The molecule has 1 aliphatic rings. The molecule has 0 aromatic rings. The summed E-state index contributed by atoms with van der Waals surface area (Å²) >= 11 is 0. The fraction of sp³-hybridized carbons (Fsp3) is 0.714. The van der Waals surface area contributed by atoms with Crippen molar-refractivity contribution in [2.24, 2.45) is 4.99 Å². The molecule has 1 fully saturated rings. The van der Waals surface area contributed by atoms with Gasteiger partial charge in [-0.3, -0.25) is 4.99 Å². The first-order valence-electron chi connectivity index (χ1n) is 6.74. The number of hydrogen-bond acceptors (Lipinski definition) is 5. The van der Waals surface area contributed by atoms with Crippen LogP contribution in [0.5, 0.6) is 0 Å². The maximum Gasteiger partial charge on any atom is 0.336 e.